The van der Waals surface area contributed by atoms with Crippen molar-refractivity contribution in [3.05, 3.63) is 40.6 Å². The van der Waals surface area contributed by atoms with E-state index < -0.39 is 5.41 Å². The van der Waals surface area contributed by atoms with Crippen molar-refractivity contribution in [2.75, 3.05) is 17.6 Å². The summed E-state index contributed by atoms with van der Waals surface area (Å²) in [5, 5.41) is 7.99. The van der Waals surface area contributed by atoms with E-state index in [1.807, 2.05) is 19.1 Å². The largest absolute Gasteiger partial charge is 0.385 e. The van der Waals surface area contributed by atoms with Gasteiger partial charge in [-0.1, -0.05) is 18.2 Å². The molecule has 0 fully saturated rings. The number of carbonyl (C=O) groups excluding carboxylic acids is 1. The van der Waals surface area contributed by atoms with Gasteiger partial charge >= 0.3 is 0 Å². The number of aromatic nitrogens is 2. The summed E-state index contributed by atoms with van der Waals surface area (Å²) in [6, 6.07) is 5.96. The van der Waals surface area contributed by atoms with E-state index in [1.54, 1.807) is 0 Å². The predicted octanol–water partition coefficient (Wildman–Crippen LogP) is 2.52. The summed E-state index contributed by atoms with van der Waals surface area (Å²) in [5.74, 6) is 0.348. The smallest absolute Gasteiger partial charge is 0.259 e. The zero-order chi connectivity index (χ0) is 17.8. The van der Waals surface area contributed by atoms with Crippen LogP contribution in [0.5, 0.6) is 0 Å². The van der Waals surface area contributed by atoms with E-state index in [0.29, 0.717) is 12.2 Å². The molecular formula is C19H25N5O. The molecule has 6 nitrogen and oxygen atoms in total. The predicted molar refractivity (Wildman–Crippen MR) is 98.8 cm³/mol. The summed E-state index contributed by atoms with van der Waals surface area (Å²) in [6.07, 6.45) is 3.42. The number of nitrogen functional groups attached to an aromatic ring is 1. The van der Waals surface area contributed by atoms with Crippen molar-refractivity contribution in [2.24, 2.45) is 5.73 Å². The second-order valence-electron chi connectivity index (χ2n) is 7.47. The molecule has 0 bridgehead atoms. The van der Waals surface area contributed by atoms with Crippen LogP contribution < -0.4 is 16.8 Å². The number of hydrogen-bond donors (Lipinski definition) is 3. The molecule has 1 aromatic carbocycles. The van der Waals surface area contributed by atoms with E-state index in [4.69, 9.17) is 11.5 Å². The lowest BCUT2D eigenvalue weighted by molar-refractivity contribution is 0.0785. The van der Waals surface area contributed by atoms with Crippen molar-refractivity contribution in [3.63, 3.8) is 0 Å². The molecular weight excluding hydrogens is 314 g/mol. The van der Waals surface area contributed by atoms with E-state index in [0.717, 1.165) is 53.9 Å². The van der Waals surface area contributed by atoms with Gasteiger partial charge in [0.05, 0.1) is 11.1 Å². The van der Waals surface area contributed by atoms with Crippen LogP contribution in [0.15, 0.2) is 18.2 Å². The van der Waals surface area contributed by atoms with E-state index in [-0.39, 0.29) is 11.9 Å². The first-order valence-electron chi connectivity index (χ1n) is 8.95. The lowest BCUT2D eigenvalue weighted by Gasteiger charge is -2.35. The van der Waals surface area contributed by atoms with E-state index in [1.165, 1.54) is 4.68 Å². The van der Waals surface area contributed by atoms with Gasteiger partial charge in [0, 0.05) is 23.8 Å². The number of aryl methyl sites for hydroxylation is 2. The maximum Gasteiger partial charge on any atom is 0.259 e. The first-order chi connectivity index (χ1) is 11.9. The molecule has 2 heterocycles. The molecule has 6 heteroatoms. The number of benzene rings is 1. The lowest BCUT2D eigenvalue weighted by atomic mass is 9.75. The van der Waals surface area contributed by atoms with Gasteiger partial charge in [-0.05, 0) is 50.7 Å². The minimum atomic E-state index is -0.653. The standard InChI is InChI=1S/C19H25N5O/c1-11-5-3-6-12-16(11)22-10-9-19(12,2)18(25)24-17(21)15-13(20)7-4-8-14(15)23-24/h3,5-6,13,22H,4,7-10,20-21H2,1-2H3. The molecule has 1 aliphatic carbocycles. The fourth-order valence-electron chi connectivity index (χ4n) is 4.26. The molecule has 25 heavy (non-hydrogen) atoms. The van der Waals surface area contributed by atoms with Crippen LogP contribution in [-0.4, -0.2) is 22.2 Å². The molecule has 2 aromatic rings. The normalized spacial score (nSPS) is 25.0. The molecule has 0 spiro atoms. The molecule has 132 valence electrons. The van der Waals surface area contributed by atoms with Gasteiger partial charge in [0.2, 0.25) is 0 Å². The third-order valence-corrected chi connectivity index (χ3v) is 5.79. The number of para-hydroxylation sites is 1. The van der Waals surface area contributed by atoms with Crippen molar-refractivity contribution in [1.82, 2.24) is 9.78 Å². The molecule has 2 unspecified atom stereocenters. The fraction of sp³-hybridized carbons (Fsp3) is 0.474. The average Bonchev–Trinajstić information content (AvgIpc) is 2.93. The van der Waals surface area contributed by atoms with Crippen LogP contribution in [0.3, 0.4) is 0 Å². The maximum absolute atomic E-state index is 13.5. The Labute approximate surface area is 147 Å². The number of hydrogen-bond acceptors (Lipinski definition) is 5. The zero-order valence-corrected chi connectivity index (χ0v) is 14.8. The topological polar surface area (TPSA) is 99.0 Å². The summed E-state index contributed by atoms with van der Waals surface area (Å²) in [7, 11) is 0. The Morgan fingerprint density at radius 3 is 3.00 bits per heavy atom. The Hall–Kier alpha value is -2.34. The second-order valence-corrected chi connectivity index (χ2v) is 7.47. The highest BCUT2D eigenvalue weighted by atomic mass is 16.2. The Morgan fingerprint density at radius 2 is 2.24 bits per heavy atom. The van der Waals surface area contributed by atoms with E-state index in [9.17, 15) is 4.79 Å². The number of carbonyl (C=O) groups is 1. The summed E-state index contributed by atoms with van der Waals surface area (Å²) in [4.78, 5) is 13.5. The minimum absolute atomic E-state index is 0.0695. The van der Waals surface area contributed by atoms with E-state index in [2.05, 4.69) is 23.4 Å². The molecule has 0 saturated carbocycles. The monoisotopic (exact) mass is 339 g/mol. The summed E-state index contributed by atoms with van der Waals surface area (Å²) >= 11 is 0. The maximum atomic E-state index is 13.5. The van der Waals surface area contributed by atoms with Crippen LogP contribution in [0.4, 0.5) is 11.5 Å². The fourth-order valence-corrected chi connectivity index (χ4v) is 4.26. The van der Waals surface area contributed by atoms with Crippen molar-refractivity contribution in [3.8, 4) is 0 Å². The molecule has 0 amide bonds. The quantitative estimate of drug-likeness (QED) is 0.741. The summed E-state index contributed by atoms with van der Waals surface area (Å²) in [6.45, 7) is 4.80. The number of anilines is 2. The van der Waals surface area contributed by atoms with Crippen LogP contribution in [0, 0.1) is 6.92 Å². The molecule has 5 N–H and O–H groups in total. The Kier molecular flexibility index (Phi) is 3.61. The molecule has 1 aliphatic heterocycles. The van der Waals surface area contributed by atoms with Crippen molar-refractivity contribution in [2.45, 2.75) is 51.0 Å². The summed E-state index contributed by atoms with van der Waals surface area (Å²) in [5.41, 5.74) is 16.8. The number of nitrogens with zero attached hydrogens (tertiary/aromatic N) is 2. The van der Waals surface area contributed by atoms with Gasteiger partial charge in [0.25, 0.3) is 5.91 Å². The van der Waals surface area contributed by atoms with Gasteiger partial charge in [-0.2, -0.15) is 9.78 Å². The summed E-state index contributed by atoms with van der Waals surface area (Å²) < 4.78 is 1.41. The van der Waals surface area contributed by atoms with E-state index >= 15 is 0 Å². The van der Waals surface area contributed by atoms with Crippen LogP contribution >= 0.6 is 0 Å². The van der Waals surface area contributed by atoms with Gasteiger partial charge in [-0.15, -0.1) is 0 Å². The van der Waals surface area contributed by atoms with Gasteiger partial charge in [0.15, 0.2) is 0 Å². The Balaban J connectivity index is 1.82. The third kappa shape index (κ3) is 2.28. The minimum Gasteiger partial charge on any atom is -0.385 e. The Morgan fingerprint density at radius 1 is 1.44 bits per heavy atom. The number of rotatable bonds is 1. The second kappa shape index (κ2) is 5.59. The van der Waals surface area contributed by atoms with Crippen molar-refractivity contribution in [1.29, 1.82) is 0 Å². The molecule has 0 saturated heterocycles. The van der Waals surface area contributed by atoms with Gasteiger partial charge in [0.1, 0.15) is 5.82 Å². The molecule has 0 radical (unpaired) electrons. The SMILES string of the molecule is Cc1cccc2c1NCCC2(C)C(=O)n1nc2c(c1N)C(N)CCC2. The molecule has 1 aromatic heterocycles. The molecule has 2 atom stereocenters. The zero-order valence-electron chi connectivity index (χ0n) is 14.8. The highest BCUT2D eigenvalue weighted by Gasteiger charge is 2.42. The molecule has 2 aliphatic rings. The first kappa shape index (κ1) is 16.1. The third-order valence-electron chi connectivity index (χ3n) is 5.79. The van der Waals surface area contributed by atoms with Crippen LogP contribution in [0.2, 0.25) is 0 Å². The Bertz CT molecular complexity index is 856. The first-order valence-corrected chi connectivity index (χ1v) is 8.95. The number of nitrogens with two attached hydrogens (primary N) is 2. The number of fused-ring (bicyclic) bond motifs is 2. The highest BCUT2D eigenvalue weighted by Crippen LogP contribution is 2.41. The number of nitrogens with one attached hydrogen (secondary N) is 1. The van der Waals surface area contributed by atoms with Gasteiger partial charge in [-0.3, -0.25) is 4.79 Å². The average molecular weight is 339 g/mol. The van der Waals surface area contributed by atoms with Crippen LogP contribution in [0.1, 0.15) is 59.4 Å². The van der Waals surface area contributed by atoms with Crippen LogP contribution in [0.25, 0.3) is 0 Å². The lowest BCUT2D eigenvalue weighted by Crippen LogP contribution is -2.42. The van der Waals surface area contributed by atoms with Crippen LogP contribution in [-0.2, 0) is 11.8 Å². The van der Waals surface area contributed by atoms with Crippen molar-refractivity contribution < 1.29 is 4.79 Å². The van der Waals surface area contributed by atoms with Gasteiger partial charge < -0.3 is 16.8 Å². The van der Waals surface area contributed by atoms with Gasteiger partial charge in [-0.25, -0.2) is 0 Å². The van der Waals surface area contributed by atoms with Crippen molar-refractivity contribution >= 4 is 17.4 Å². The highest BCUT2D eigenvalue weighted by molar-refractivity contribution is 5.94. The molecule has 4 rings (SSSR count).